The van der Waals surface area contributed by atoms with E-state index in [1.807, 2.05) is 6.92 Å². The number of carbonyl (C=O) groups is 1. The summed E-state index contributed by atoms with van der Waals surface area (Å²) in [4.78, 5) is 16.2. The van der Waals surface area contributed by atoms with Crippen LogP contribution in [0.2, 0.25) is 0 Å². The number of aliphatic imine (C=N–C) groups is 1. The summed E-state index contributed by atoms with van der Waals surface area (Å²) in [7, 11) is 1.68. The van der Waals surface area contributed by atoms with Crippen LogP contribution in [0.4, 0.5) is 18.9 Å². The van der Waals surface area contributed by atoms with E-state index in [2.05, 4.69) is 20.9 Å². The molecule has 29 heavy (non-hydrogen) atoms. The molecule has 0 spiro atoms. The molecule has 0 aliphatic heterocycles. The first-order chi connectivity index (χ1) is 13.4. The number of rotatable bonds is 9. The molecule has 1 aromatic rings. The highest BCUT2D eigenvalue weighted by atomic mass is 127. The Bertz CT molecular complexity index is 715. The van der Waals surface area contributed by atoms with Crippen LogP contribution in [0.1, 0.15) is 32.6 Å². The number of hydrogen-bond donors (Lipinski definition) is 3. The number of halogens is 4. The van der Waals surface area contributed by atoms with Gasteiger partial charge in [-0.05, 0) is 43.7 Å². The summed E-state index contributed by atoms with van der Waals surface area (Å²) in [6, 6.07) is 1.72. The van der Waals surface area contributed by atoms with Crippen molar-refractivity contribution < 1.29 is 22.7 Å². The topological polar surface area (TPSA) is 74.8 Å². The normalized spacial score (nSPS) is 15.1. The number of benzene rings is 1. The SMILES string of the molecule is CCNC(=NCC(=O)Nc1ccc(F)c(F)c1F)NCC1(CCOC)CCC1.I. The largest absolute Gasteiger partial charge is 0.385 e. The average molecular weight is 528 g/mol. The molecule has 1 aromatic carbocycles. The molecule has 2 rings (SSSR count). The molecule has 6 nitrogen and oxygen atoms in total. The molecule has 0 heterocycles. The van der Waals surface area contributed by atoms with E-state index >= 15 is 0 Å². The lowest BCUT2D eigenvalue weighted by molar-refractivity contribution is -0.114. The van der Waals surface area contributed by atoms with Gasteiger partial charge < -0.3 is 20.7 Å². The Morgan fingerprint density at radius 3 is 2.52 bits per heavy atom. The van der Waals surface area contributed by atoms with Crippen molar-refractivity contribution in [3.05, 3.63) is 29.6 Å². The van der Waals surface area contributed by atoms with Gasteiger partial charge in [0.1, 0.15) is 6.54 Å². The van der Waals surface area contributed by atoms with E-state index in [9.17, 15) is 18.0 Å². The number of amides is 1. The molecule has 0 bridgehead atoms. The minimum atomic E-state index is -1.63. The molecule has 1 aliphatic carbocycles. The van der Waals surface area contributed by atoms with Gasteiger partial charge >= 0.3 is 0 Å². The lowest BCUT2D eigenvalue weighted by atomic mass is 9.67. The van der Waals surface area contributed by atoms with E-state index in [1.54, 1.807) is 7.11 Å². The van der Waals surface area contributed by atoms with Crippen molar-refractivity contribution in [3.8, 4) is 0 Å². The third-order valence-electron chi connectivity index (χ3n) is 4.92. The molecular weight excluding hydrogens is 500 g/mol. The Morgan fingerprint density at radius 2 is 1.93 bits per heavy atom. The van der Waals surface area contributed by atoms with Gasteiger partial charge in [0.15, 0.2) is 23.4 Å². The van der Waals surface area contributed by atoms with Crippen LogP contribution in [0.5, 0.6) is 0 Å². The lowest BCUT2D eigenvalue weighted by Gasteiger charge is -2.42. The maximum Gasteiger partial charge on any atom is 0.246 e. The van der Waals surface area contributed by atoms with Crippen molar-refractivity contribution in [2.24, 2.45) is 10.4 Å². The van der Waals surface area contributed by atoms with Crippen LogP contribution in [0.25, 0.3) is 0 Å². The summed E-state index contributed by atoms with van der Waals surface area (Å²) in [6.07, 6.45) is 4.35. The molecule has 0 saturated heterocycles. The predicted octanol–water partition coefficient (Wildman–Crippen LogP) is 3.42. The Balaban J connectivity index is 0.00000420. The number of hydrogen-bond acceptors (Lipinski definition) is 3. The summed E-state index contributed by atoms with van der Waals surface area (Å²) >= 11 is 0. The molecular formula is C19H28F3IN4O2. The highest BCUT2D eigenvalue weighted by molar-refractivity contribution is 14.0. The van der Waals surface area contributed by atoms with Gasteiger partial charge in [0.25, 0.3) is 0 Å². The molecule has 1 fully saturated rings. The number of carbonyl (C=O) groups excluding carboxylic acids is 1. The zero-order valence-electron chi connectivity index (χ0n) is 16.6. The van der Waals surface area contributed by atoms with E-state index in [0.29, 0.717) is 25.7 Å². The van der Waals surface area contributed by atoms with Gasteiger partial charge in [-0.3, -0.25) is 4.79 Å². The molecule has 0 unspecified atom stereocenters. The minimum Gasteiger partial charge on any atom is -0.385 e. The molecule has 1 aliphatic rings. The van der Waals surface area contributed by atoms with Crippen molar-refractivity contribution >= 4 is 41.5 Å². The third kappa shape index (κ3) is 7.32. The number of methoxy groups -OCH3 is 1. The van der Waals surface area contributed by atoms with Crippen LogP contribution in [0, 0.1) is 22.9 Å². The summed E-state index contributed by atoms with van der Waals surface area (Å²) in [5.41, 5.74) is -0.256. The monoisotopic (exact) mass is 528 g/mol. The van der Waals surface area contributed by atoms with Gasteiger partial charge in [0.2, 0.25) is 5.91 Å². The van der Waals surface area contributed by atoms with E-state index in [0.717, 1.165) is 31.4 Å². The maximum absolute atomic E-state index is 13.6. The van der Waals surface area contributed by atoms with E-state index in [1.165, 1.54) is 6.42 Å². The van der Waals surface area contributed by atoms with Crippen molar-refractivity contribution in [3.63, 3.8) is 0 Å². The van der Waals surface area contributed by atoms with Crippen LogP contribution in [-0.4, -0.2) is 45.2 Å². The van der Waals surface area contributed by atoms with Crippen molar-refractivity contribution in [2.45, 2.75) is 32.6 Å². The number of nitrogens with one attached hydrogen (secondary N) is 3. The van der Waals surface area contributed by atoms with Crippen LogP contribution < -0.4 is 16.0 Å². The fourth-order valence-electron chi connectivity index (χ4n) is 3.09. The standard InChI is InChI=1S/C19H27F3N4O2.HI/c1-3-23-18(25-12-19(7-4-8-19)9-10-28-2)24-11-15(27)26-14-6-5-13(20)16(21)17(14)22;/h5-6H,3-4,7-12H2,1-2H3,(H,26,27)(H2,23,24,25);1H. The second kappa shape index (κ2) is 12.2. The Kier molecular flexibility index (Phi) is 10.7. The predicted molar refractivity (Wildman–Crippen MR) is 117 cm³/mol. The molecule has 164 valence electrons. The molecule has 3 N–H and O–H groups in total. The number of nitrogens with zero attached hydrogens (tertiary/aromatic N) is 1. The Morgan fingerprint density at radius 1 is 1.21 bits per heavy atom. The molecule has 0 aromatic heterocycles. The second-order valence-electron chi connectivity index (χ2n) is 6.92. The first kappa shape index (κ1) is 25.5. The van der Waals surface area contributed by atoms with E-state index in [-0.39, 0.29) is 35.9 Å². The quantitative estimate of drug-likeness (QED) is 0.199. The van der Waals surface area contributed by atoms with Crippen LogP contribution >= 0.6 is 24.0 Å². The maximum atomic E-state index is 13.6. The van der Waals surface area contributed by atoms with Gasteiger partial charge in [-0.2, -0.15) is 0 Å². The first-order valence-electron chi connectivity index (χ1n) is 9.35. The molecule has 0 atom stereocenters. The highest BCUT2D eigenvalue weighted by Gasteiger charge is 2.36. The minimum absolute atomic E-state index is 0. The highest BCUT2D eigenvalue weighted by Crippen LogP contribution is 2.43. The zero-order chi connectivity index (χ0) is 20.6. The number of anilines is 1. The second-order valence-corrected chi connectivity index (χ2v) is 6.92. The van der Waals surface area contributed by atoms with Gasteiger partial charge in [-0.1, -0.05) is 6.42 Å². The molecule has 10 heteroatoms. The van der Waals surface area contributed by atoms with Gasteiger partial charge in [-0.15, -0.1) is 24.0 Å². The number of ether oxygens (including phenoxy) is 1. The fraction of sp³-hybridized carbons (Fsp3) is 0.579. The summed E-state index contributed by atoms with van der Waals surface area (Å²) in [5, 5.41) is 8.49. The van der Waals surface area contributed by atoms with Crippen molar-refractivity contribution in [1.29, 1.82) is 0 Å². The average Bonchev–Trinajstić information content (AvgIpc) is 2.65. The van der Waals surface area contributed by atoms with Crippen molar-refractivity contribution in [1.82, 2.24) is 10.6 Å². The van der Waals surface area contributed by atoms with E-state index < -0.39 is 29.0 Å². The lowest BCUT2D eigenvalue weighted by Crippen LogP contribution is -2.47. The van der Waals surface area contributed by atoms with Crippen LogP contribution in [-0.2, 0) is 9.53 Å². The van der Waals surface area contributed by atoms with Gasteiger partial charge in [0.05, 0.1) is 5.69 Å². The zero-order valence-corrected chi connectivity index (χ0v) is 18.9. The van der Waals surface area contributed by atoms with E-state index in [4.69, 9.17) is 4.74 Å². The molecule has 1 saturated carbocycles. The fourth-order valence-corrected chi connectivity index (χ4v) is 3.09. The van der Waals surface area contributed by atoms with Crippen molar-refractivity contribution in [2.75, 3.05) is 38.7 Å². The first-order valence-corrected chi connectivity index (χ1v) is 9.35. The Labute approximate surface area is 186 Å². The molecule has 0 radical (unpaired) electrons. The Hall–Kier alpha value is -1.56. The van der Waals surface area contributed by atoms with Crippen LogP contribution in [0.3, 0.4) is 0 Å². The number of guanidine groups is 1. The van der Waals surface area contributed by atoms with Crippen LogP contribution in [0.15, 0.2) is 17.1 Å². The summed E-state index contributed by atoms with van der Waals surface area (Å²) < 4.78 is 45.0. The summed E-state index contributed by atoms with van der Waals surface area (Å²) in [5.74, 6) is -4.55. The van der Waals surface area contributed by atoms with Gasteiger partial charge in [0, 0.05) is 26.8 Å². The third-order valence-corrected chi connectivity index (χ3v) is 4.92. The van der Waals surface area contributed by atoms with Gasteiger partial charge in [-0.25, -0.2) is 18.2 Å². The smallest absolute Gasteiger partial charge is 0.246 e. The summed E-state index contributed by atoms with van der Waals surface area (Å²) in [6.45, 7) is 3.62. The molecule has 1 amide bonds.